The maximum Gasteiger partial charge on any atom is 0.0768 e. The Kier molecular flexibility index (Phi) is 13.8. The summed E-state index contributed by atoms with van der Waals surface area (Å²) in [5, 5.41) is 16.5. The van der Waals surface area contributed by atoms with Gasteiger partial charge in [0.15, 0.2) is 0 Å². The fourth-order valence-electron chi connectivity index (χ4n) is 0.129. The van der Waals surface area contributed by atoms with Gasteiger partial charge in [-0.25, -0.2) is 0 Å². The molecule has 0 spiro atoms. The third-order valence-corrected chi connectivity index (χ3v) is 0.932. The molecule has 0 saturated carbocycles. The second-order valence-corrected chi connectivity index (χ2v) is 1.74. The summed E-state index contributed by atoms with van der Waals surface area (Å²) < 4.78 is 0. The molecule has 2 nitrogen and oxygen atoms in total. The van der Waals surface area contributed by atoms with E-state index in [1.165, 1.54) is 0 Å². The molecule has 0 saturated heterocycles. The van der Waals surface area contributed by atoms with Crippen LogP contribution < -0.4 is 0 Å². The third-order valence-electron chi connectivity index (χ3n) is 0.932. The van der Waals surface area contributed by atoms with Gasteiger partial charge in [0.25, 0.3) is 0 Å². The van der Waals surface area contributed by atoms with Gasteiger partial charge in [-0.05, 0) is 20.3 Å². The molecular formula is C8H16O2. The van der Waals surface area contributed by atoms with Crippen LogP contribution in [0.4, 0.5) is 0 Å². The average molecular weight is 144 g/mol. The summed E-state index contributed by atoms with van der Waals surface area (Å²) in [6.45, 7) is 5.34. The fraction of sp³-hybridized carbons (Fsp3) is 0.750. The van der Waals surface area contributed by atoms with Crippen molar-refractivity contribution in [3.63, 3.8) is 0 Å². The maximum atomic E-state index is 8.42. The molecule has 60 valence electrons. The van der Waals surface area contributed by atoms with Crippen LogP contribution in [0, 0.1) is 11.8 Å². The van der Waals surface area contributed by atoms with Crippen molar-refractivity contribution in [1.29, 1.82) is 0 Å². The Labute approximate surface area is 62.9 Å². The van der Waals surface area contributed by atoms with Crippen molar-refractivity contribution in [2.45, 2.75) is 33.3 Å². The molecule has 0 aromatic carbocycles. The van der Waals surface area contributed by atoms with E-state index < -0.39 is 6.10 Å². The van der Waals surface area contributed by atoms with E-state index in [4.69, 9.17) is 10.2 Å². The van der Waals surface area contributed by atoms with Gasteiger partial charge in [0.05, 0.1) is 12.7 Å². The zero-order valence-electron chi connectivity index (χ0n) is 6.89. The van der Waals surface area contributed by atoms with Crippen LogP contribution in [-0.4, -0.2) is 22.9 Å². The number of aliphatic hydroxyl groups excluding tert-OH is 2. The van der Waals surface area contributed by atoms with Gasteiger partial charge >= 0.3 is 0 Å². The zero-order chi connectivity index (χ0) is 8.41. The van der Waals surface area contributed by atoms with Crippen molar-refractivity contribution in [1.82, 2.24) is 0 Å². The lowest BCUT2D eigenvalue weighted by Gasteiger charge is -1.97. The highest BCUT2D eigenvalue weighted by atomic mass is 16.3. The maximum absolute atomic E-state index is 8.42. The van der Waals surface area contributed by atoms with E-state index in [0.717, 1.165) is 0 Å². The predicted molar refractivity (Wildman–Crippen MR) is 42.5 cm³/mol. The standard InChI is InChI=1S/C4H10O2.C4H6/c1-2-4(6)3-5;1-3-4-2/h4-6H,2-3H2,1H3;1-2H3/t4-;/m0./s1. The minimum Gasteiger partial charge on any atom is -0.394 e. The second-order valence-electron chi connectivity index (χ2n) is 1.74. The van der Waals surface area contributed by atoms with Gasteiger partial charge in [-0.15, -0.1) is 11.8 Å². The van der Waals surface area contributed by atoms with E-state index in [1.54, 1.807) is 0 Å². The van der Waals surface area contributed by atoms with Crippen LogP contribution >= 0.6 is 0 Å². The van der Waals surface area contributed by atoms with Crippen LogP contribution in [0.2, 0.25) is 0 Å². The largest absolute Gasteiger partial charge is 0.394 e. The first-order chi connectivity index (χ1) is 4.72. The first-order valence-electron chi connectivity index (χ1n) is 3.35. The summed E-state index contributed by atoms with van der Waals surface area (Å²) in [6, 6.07) is 0. The van der Waals surface area contributed by atoms with Crippen LogP contribution in [0.25, 0.3) is 0 Å². The van der Waals surface area contributed by atoms with Gasteiger partial charge in [0, 0.05) is 0 Å². The molecule has 0 aromatic heterocycles. The van der Waals surface area contributed by atoms with Gasteiger partial charge in [-0.2, -0.15) is 0 Å². The first kappa shape index (κ1) is 12.2. The van der Waals surface area contributed by atoms with E-state index in [9.17, 15) is 0 Å². The first-order valence-corrected chi connectivity index (χ1v) is 3.35. The molecule has 1 atom stereocenters. The van der Waals surface area contributed by atoms with Crippen molar-refractivity contribution in [3.8, 4) is 11.8 Å². The Morgan fingerprint density at radius 3 is 1.70 bits per heavy atom. The molecule has 0 aliphatic rings. The zero-order valence-corrected chi connectivity index (χ0v) is 6.89. The molecule has 0 aliphatic heterocycles. The highest BCUT2D eigenvalue weighted by Gasteiger charge is 1.92. The quantitative estimate of drug-likeness (QED) is 0.562. The predicted octanol–water partition coefficient (Wildman–Crippen LogP) is 0.779. The Morgan fingerprint density at radius 1 is 1.30 bits per heavy atom. The molecule has 0 unspecified atom stereocenters. The van der Waals surface area contributed by atoms with Crippen LogP contribution in [0.3, 0.4) is 0 Å². The van der Waals surface area contributed by atoms with Crippen molar-refractivity contribution in [3.05, 3.63) is 0 Å². The van der Waals surface area contributed by atoms with Gasteiger partial charge in [-0.1, -0.05) is 6.92 Å². The Hall–Kier alpha value is -0.520. The van der Waals surface area contributed by atoms with E-state index in [-0.39, 0.29) is 6.61 Å². The number of rotatable bonds is 2. The summed E-state index contributed by atoms with van der Waals surface area (Å²) >= 11 is 0. The number of aliphatic hydroxyl groups is 2. The number of hydrogen-bond donors (Lipinski definition) is 2. The van der Waals surface area contributed by atoms with Gasteiger partial charge in [-0.3, -0.25) is 0 Å². The molecule has 0 rings (SSSR count). The van der Waals surface area contributed by atoms with Crippen molar-refractivity contribution in [2.75, 3.05) is 6.61 Å². The lowest BCUT2D eigenvalue weighted by molar-refractivity contribution is 0.0923. The third kappa shape index (κ3) is 15.6. The molecule has 2 heteroatoms. The minimum atomic E-state index is -0.509. The molecule has 0 bridgehead atoms. The molecule has 0 aliphatic carbocycles. The molecule has 0 heterocycles. The Morgan fingerprint density at radius 2 is 1.70 bits per heavy atom. The van der Waals surface area contributed by atoms with Crippen LogP contribution in [0.5, 0.6) is 0 Å². The van der Waals surface area contributed by atoms with Gasteiger partial charge in [0.2, 0.25) is 0 Å². The van der Waals surface area contributed by atoms with Gasteiger partial charge in [0.1, 0.15) is 0 Å². The lowest BCUT2D eigenvalue weighted by atomic mass is 10.3. The second kappa shape index (κ2) is 11.3. The fourth-order valence-corrected chi connectivity index (χ4v) is 0.129. The van der Waals surface area contributed by atoms with E-state index in [2.05, 4.69) is 11.8 Å². The molecule has 0 fully saturated rings. The SMILES string of the molecule is CC#CC.CC[C@H](O)CO. The van der Waals surface area contributed by atoms with Crippen molar-refractivity contribution in [2.24, 2.45) is 0 Å². The Balaban J connectivity index is 0. The van der Waals surface area contributed by atoms with Crippen LogP contribution in [-0.2, 0) is 0 Å². The molecule has 0 amide bonds. The molecular weight excluding hydrogens is 128 g/mol. The van der Waals surface area contributed by atoms with Gasteiger partial charge < -0.3 is 10.2 Å². The minimum absolute atomic E-state index is 0.115. The normalized spacial score (nSPS) is 10.1. The summed E-state index contributed by atoms with van der Waals surface area (Å²) in [6.07, 6.45) is 0.126. The highest BCUT2D eigenvalue weighted by molar-refractivity contribution is 4.89. The molecule has 0 radical (unpaired) electrons. The van der Waals surface area contributed by atoms with Crippen LogP contribution in [0.1, 0.15) is 27.2 Å². The van der Waals surface area contributed by atoms with E-state index in [1.807, 2.05) is 20.8 Å². The Bertz CT molecular complexity index is 89.6. The lowest BCUT2D eigenvalue weighted by Crippen LogP contribution is -2.08. The topological polar surface area (TPSA) is 40.5 Å². The van der Waals surface area contributed by atoms with E-state index in [0.29, 0.717) is 6.42 Å². The van der Waals surface area contributed by atoms with Crippen molar-refractivity contribution < 1.29 is 10.2 Å². The summed E-state index contributed by atoms with van der Waals surface area (Å²) in [7, 11) is 0. The highest BCUT2D eigenvalue weighted by Crippen LogP contribution is 1.83. The van der Waals surface area contributed by atoms with E-state index >= 15 is 0 Å². The molecule has 10 heavy (non-hydrogen) atoms. The summed E-state index contributed by atoms with van der Waals surface area (Å²) in [5.41, 5.74) is 0. The summed E-state index contributed by atoms with van der Waals surface area (Å²) in [4.78, 5) is 0. The molecule has 0 aromatic rings. The monoisotopic (exact) mass is 144 g/mol. The van der Waals surface area contributed by atoms with Crippen LogP contribution in [0.15, 0.2) is 0 Å². The number of hydrogen-bond acceptors (Lipinski definition) is 2. The smallest absolute Gasteiger partial charge is 0.0768 e. The molecule has 2 N–H and O–H groups in total. The summed E-state index contributed by atoms with van der Waals surface area (Å²) in [5.74, 6) is 5.36. The average Bonchev–Trinajstić information content (AvgIpc) is 2.03. The van der Waals surface area contributed by atoms with Crippen molar-refractivity contribution >= 4 is 0 Å².